The van der Waals surface area contributed by atoms with Crippen molar-refractivity contribution in [3.05, 3.63) is 77.4 Å². The molecule has 150 valence electrons. The lowest BCUT2D eigenvalue weighted by molar-refractivity contribution is -0.122. The quantitative estimate of drug-likeness (QED) is 0.660. The minimum absolute atomic E-state index is 0.232. The van der Waals surface area contributed by atoms with Gasteiger partial charge in [0.2, 0.25) is 0 Å². The van der Waals surface area contributed by atoms with Crippen molar-refractivity contribution < 1.29 is 19.4 Å². The number of aromatic nitrogens is 3. The Kier molecular flexibility index (Phi) is 5.92. The third-order valence-corrected chi connectivity index (χ3v) is 4.73. The van der Waals surface area contributed by atoms with Gasteiger partial charge in [0.25, 0.3) is 12.4 Å². The monoisotopic (exact) mass is 394 g/mol. The number of fused-ring (bicyclic) bond motifs is 1. The zero-order valence-electron chi connectivity index (χ0n) is 16.2. The average Bonchev–Trinajstić information content (AvgIpc) is 3.16. The lowest BCUT2D eigenvalue weighted by atomic mass is 9.81. The van der Waals surface area contributed by atoms with Crippen molar-refractivity contribution in [3.63, 3.8) is 0 Å². The van der Waals surface area contributed by atoms with E-state index in [0.29, 0.717) is 24.5 Å². The molecule has 1 aromatic carbocycles. The van der Waals surface area contributed by atoms with Crippen molar-refractivity contribution in [2.24, 2.45) is 7.05 Å². The van der Waals surface area contributed by atoms with E-state index in [2.05, 4.69) is 15.4 Å². The Balaban J connectivity index is 0.000000755. The number of ether oxygens (including phenoxy) is 1. The number of carbonyl (C=O) groups is 2. The fourth-order valence-electron chi connectivity index (χ4n) is 3.37. The number of aryl methyl sites for hydroxylation is 2. The minimum Gasteiger partial charge on any atom is -0.491 e. The van der Waals surface area contributed by atoms with Gasteiger partial charge in [0.05, 0.1) is 6.61 Å². The smallest absolute Gasteiger partial charge is 0.290 e. The van der Waals surface area contributed by atoms with Crippen LogP contribution in [-0.2, 0) is 17.4 Å². The largest absolute Gasteiger partial charge is 0.491 e. The number of nitrogens with zero attached hydrogens (tertiary/aromatic N) is 3. The summed E-state index contributed by atoms with van der Waals surface area (Å²) in [4.78, 5) is 25.8. The molecule has 29 heavy (non-hydrogen) atoms. The molecule has 8 nitrogen and oxygen atoms in total. The first kappa shape index (κ1) is 20.1. The lowest BCUT2D eigenvalue weighted by Crippen LogP contribution is -2.50. The lowest BCUT2D eigenvalue weighted by Gasteiger charge is -2.38. The normalized spacial score (nSPS) is 17.2. The standard InChI is InChI=1S/C20H20N4O2.CH2O2/c1-14-5-7-15(8-6-14)20(22-19(25)16-9-12-24(2)23-16)10-13-26-17-4-3-11-21-18(17)20;2-1-3/h3-9,11-12H,10,13H2,1-2H3,(H,22,25);1H,(H,2,3)/t20-;/m0./s1. The first-order valence-corrected chi connectivity index (χ1v) is 9.05. The van der Waals surface area contributed by atoms with Crippen molar-refractivity contribution in [1.29, 1.82) is 0 Å². The molecule has 0 spiro atoms. The van der Waals surface area contributed by atoms with E-state index < -0.39 is 5.54 Å². The molecule has 2 N–H and O–H groups in total. The summed E-state index contributed by atoms with van der Waals surface area (Å²) in [6.45, 7) is 2.29. The fraction of sp³-hybridized carbons (Fsp3) is 0.238. The Morgan fingerprint density at radius 2 is 2.00 bits per heavy atom. The number of nitrogens with one attached hydrogen (secondary N) is 1. The van der Waals surface area contributed by atoms with Crippen molar-refractivity contribution in [2.45, 2.75) is 18.9 Å². The van der Waals surface area contributed by atoms with Crippen LogP contribution in [-0.4, -0.2) is 38.9 Å². The van der Waals surface area contributed by atoms with Gasteiger partial charge in [0.15, 0.2) is 0 Å². The molecule has 0 unspecified atom stereocenters. The molecule has 3 aromatic rings. The van der Waals surface area contributed by atoms with Gasteiger partial charge in [-0.1, -0.05) is 29.8 Å². The molecule has 0 fully saturated rings. The first-order valence-electron chi connectivity index (χ1n) is 9.05. The van der Waals surface area contributed by atoms with Gasteiger partial charge in [-0.2, -0.15) is 5.10 Å². The number of amides is 1. The van der Waals surface area contributed by atoms with Gasteiger partial charge >= 0.3 is 0 Å². The second-order valence-corrected chi connectivity index (χ2v) is 6.65. The summed E-state index contributed by atoms with van der Waals surface area (Å²) < 4.78 is 7.40. The van der Waals surface area contributed by atoms with Crippen molar-refractivity contribution in [1.82, 2.24) is 20.1 Å². The summed E-state index contributed by atoms with van der Waals surface area (Å²) >= 11 is 0. The molecule has 1 aliphatic heterocycles. The Morgan fingerprint density at radius 3 is 2.66 bits per heavy atom. The van der Waals surface area contributed by atoms with Crippen molar-refractivity contribution >= 4 is 12.4 Å². The van der Waals surface area contributed by atoms with Crippen LogP contribution in [0.4, 0.5) is 0 Å². The fourth-order valence-corrected chi connectivity index (χ4v) is 3.37. The summed E-state index contributed by atoms with van der Waals surface area (Å²) in [5, 5.41) is 14.3. The highest BCUT2D eigenvalue weighted by Crippen LogP contribution is 2.40. The number of carbonyl (C=O) groups excluding carboxylic acids is 1. The third kappa shape index (κ3) is 4.11. The molecule has 4 rings (SSSR count). The predicted molar refractivity (Wildman–Crippen MR) is 106 cm³/mol. The molecule has 2 aromatic heterocycles. The molecule has 0 aliphatic carbocycles. The van der Waals surface area contributed by atoms with Gasteiger partial charge in [0, 0.05) is 25.9 Å². The van der Waals surface area contributed by atoms with Gasteiger partial charge in [0.1, 0.15) is 22.7 Å². The van der Waals surface area contributed by atoms with E-state index in [0.717, 1.165) is 16.8 Å². The molecule has 0 saturated heterocycles. The molecule has 3 heterocycles. The van der Waals surface area contributed by atoms with Crippen LogP contribution >= 0.6 is 0 Å². The van der Waals surface area contributed by atoms with Gasteiger partial charge in [-0.3, -0.25) is 19.3 Å². The second-order valence-electron chi connectivity index (χ2n) is 6.65. The van der Waals surface area contributed by atoms with Gasteiger partial charge in [-0.25, -0.2) is 0 Å². The van der Waals surface area contributed by atoms with Crippen LogP contribution in [0.5, 0.6) is 5.75 Å². The van der Waals surface area contributed by atoms with Gasteiger partial charge in [-0.15, -0.1) is 0 Å². The van der Waals surface area contributed by atoms with E-state index in [9.17, 15) is 4.79 Å². The van der Waals surface area contributed by atoms with E-state index >= 15 is 0 Å². The molecular formula is C21H22N4O4. The van der Waals surface area contributed by atoms with Crippen LogP contribution < -0.4 is 10.1 Å². The predicted octanol–water partition coefficient (Wildman–Crippen LogP) is 2.28. The maximum absolute atomic E-state index is 12.9. The Morgan fingerprint density at radius 1 is 1.28 bits per heavy atom. The zero-order valence-corrected chi connectivity index (χ0v) is 16.2. The number of rotatable bonds is 3. The van der Waals surface area contributed by atoms with Crippen molar-refractivity contribution in [2.75, 3.05) is 6.61 Å². The van der Waals surface area contributed by atoms with E-state index in [1.54, 1.807) is 30.2 Å². The summed E-state index contributed by atoms with van der Waals surface area (Å²) in [7, 11) is 1.79. The topological polar surface area (TPSA) is 106 Å². The summed E-state index contributed by atoms with van der Waals surface area (Å²) in [5.74, 6) is 0.463. The number of hydrogen-bond donors (Lipinski definition) is 2. The first-order chi connectivity index (χ1) is 14.0. The molecular weight excluding hydrogens is 372 g/mol. The Labute approximate surface area is 168 Å². The van der Waals surface area contributed by atoms with Gasteiger partial charge in [-0.05, 0) is 30.7 Å². The van der Waals surface area contributed by atoms with E-state index in [4.69, 9.17) is 14.6 Å². The van der Waals surface area contributed by atoms with Crippen LogP contribution in [0.1, 0.15) is 33.7 Å². The van der Waals surface area contributed by atoms with Crippen LogP contribution in [0.25, 0.3) is 0 Å². The molecule has 0 radical (unpaired) electrons. The van der Waals surface area contributed by atoms with E-state index in [1.165, 1.54) is 0 Å². The minimum atomic E-state index is -0.753. The summed E-state index contributed by atoms with van der Waals surface area (Å²) in [5.41, 5.74) is 2.49. The molecule has 0 bridgehead atoms. The highest BCUT2D eigenvalue weighted by atomic mass is 16.5. The Hall–Kier alpha value is -3.68. The third-order valence-electron chi connectivity index (χ3n) is 4.73. The highest BCUT2D eigenvalue weighted by Gasteiger charge is 2.42. The molecule has 1 atom stereocenters. The second kappa shape index (κ2) is 8.55. The van der Waals surface area contributed by atoms with Crippen LogP contribution in [0, 0.1) is 6.92 Å². The van der Waals surface area contributed by atoms with Crippen LogP contribution in [0.3, 0.4) is 0 Å². The van der Waals surface area contributed by atoms with Crippen LogP contribution in [0.15, 0.2) is 54.9 Å². The van der Waals surface area contributed by atoms with Gasteiger partial charge < -0.3 is 15.2 Å². The Bertz CT molecular complexity index is 1000. The number of carboxylic acid groups (broad SMARTS) is 1. The zero-order chi connectivity index (χ0) is 20.9. The molecule has 1 amide bonds. The number of hydrogen-bond acceptors (Lipinski definition) is 5. The maximum atomic E-state index is 12.9. The summed E-state index contributed by atoms with van der Waals surface area (Å²) in [6, 6.07) is 13.6. The molecule has 1 aliphatic rings. The highest BCUT2D eigenvalue weighted by molar-refractivity contribution is 5.93. The van der Waals surface area contributed by atoms with E-state index in [-0.39, 0.29) is 12.4 Å². The molecule has 8 heteroatoms. The van der Waals surface area contributed by atoms with E-state index in [1.807, 2.05) is 43.3 Å². The average molecular weight is 394 g/mol. The molecule has 0 saturated carbocycles. The van der Waals surface area contributed by atoms with Crippen molar-refractivity contribution in [3.8, 4) is 5.75 Å². The summed E-state index contributed by atoms with van der Waals surface area (Å²) in [6.07, 6.45) is 4.08. The maximum Gasteiger partial charge on any atom is 0.290 e. The SMILES string of the molecule is Cc1ccc([C@@]2(NC(=O)c3ccn(C)n3)CCOc3cccnc32)cc1.O=CO. The number of pyridine rings is 1. The van der Waals surface area contributed by atoms with Crippen LogP contribution in [0.2, 0.25) is 0 Å². The number of benzene rings is 1.